The number of nitrogens with zero attached hydrogens (tertiary/aromatic N) is 1. The smallest absolute Gasteiger partial charge is 0.322 e. The number of amides is 2. The Balaban J connectivity index is 2.00. The molecule has 1 aromatic rings. The molecule has 1 heterocycles. The summed E-state index contributed by atoms with van der Waals surface area (Å²) >= 11 is 0. The molecule has 0 aromatic heterocycles. The molecule has 1 fully saturated rings. The highest BCUT2D eigenvalue weighted by Gasteiger charge is 2.27. The van der Waals surface area contributed by atoms with Crippen LogP contribution in [0.1, 0.15) is 19.8 Å². The van der Waals surface area contributed by atoms with E-state index in [4.69, 9.17) is 4.74 Å². The molecule has 0 unspecified atom stereocenters. The zero-order valence-corrected chi connectivity index (χ0v) is 11.1. The van der Waals surface area contributed by atoms with E-state index in [-0.39, 0.29) is 18.7 Å². The lowest BCUT2D eigenvalue weighted by atomic mass is 10.2. The zero-order chi connectivity index (χ0) is 13.7. The van der Waals surface area contributed by atoms with Gasteiger partial charge in [0.2, 0.25) is 0 Å². The number of aliphatic hydroxyl groups is 1. The van der Waals surface area contributed by atoms with Crippen molar-refractivity contribution in [2.75, 3.05) is 25.1 Å². The lowest BCUT2D eigenvalue weighted by molar-refractivity contribution is 0.166. The number of hydrogen-bond donors (Lipinski definition) is 2. The fourth-order valence-electron chi connectivity index (χ4n) is 2.32. The van der Waals surface area contributed by atoms with Gasteiger partial charge in [0.1, 0.15) is 5.75 Å². The maximum absolute atomic E-state index is 12.1. The Morgan fingerprint density at radius 2 is 2.42 bits per heavy atom. The molecule has 2 rings (SSSR count). The third kappa shape index (κ3) is 3.38. The van der Waals surface area contributed by atoms with Gasteiger partial charge in [0.15, 0.2) is 0 Å². The summed E-state index contributed by atoms with van der Waals surface area (Å²) in [7, 11) is 0. The molecule has 19 heavy (non-hydrogen) atoms. The van der Waals surface area contributed by atoms with Crippen molar-refractivity contribution in [1.82, 2.24) is 4.90 Å². The number of carbonyl (C=O) groups is 1. The summed E-state index contributed by atoms with van der Waals surface area (Å²) in [5.74, 6) is 0.737. The average molecular weight is 264 g/mol. The van der Waals surface area contributed by atoms with Crippen LogP contribution in [-0.2, 0) is 0 Å². The summed E-state index contributed by atoms with van der Waals surface area (Å²) < 4.78 is 5.39. The van der Waals surface area contributed by atoms with Crippen molar-refractivity contribution in [2.45, 2.75) is 25.8 Å². The van der Waals surface area contributed by atoms with Crippen LogP contribution >= 0.6 is 0 Å². The van der Waals surface area contributed by atoms with Crippen LogP contribution in [0.4, 0.5) is 10.5 Å². The van der Waals surface area contributed by atoms with Crippen molar-refractivity contribution in [3.05, 3.63) is 24.3 Å². The molecule has 0 saturated carbocycles. The summed E-state index contributed by atoms with van der Waals surface area (Å²) in [6.07, 6.45) is 1.81. The van der Waals surface area contributed by atoms with Gasteiger partial charge in [0.05, 0.1) is 19.3 Å². The van der Waals surface area contributed by atoms with Gasteiger partial charge in [-0.3, -0.25) is 0 Å². The van der Waals surface area contributed by atoms with Gasteiger partial charge in [-0.25, -0.2) is 4.79 Å². The second kappa shape index (κ2) is 6.43. The highest BCUT2D eigenvalue weighted by molar-refractivity contribution is 5.89. The number of carbonyl (C=O) groups excluding carboxylic acids is 1. The molecule has 0 bridgehead atoms. The molecule has 0 spiro atoms. The SMILES string of the molecule is CCOc1cccc(NC(=O)N2CCC[C@H]2CO)c1. The lowest BCUT2D eigenvalue weighted by Gasteiger charge is -2.23. The Kier molecular flexibility index (Phi) is 4.63. The molecule has 5 nitrogen and oxygen atoms in total. The summed E-state index contributed by atoms with van der Waals surface area (Å²) in [6, 6.07) is 7.09. The van der Waals surface area contributed by atoms with E-state index >= 15 is 0 Å². The number of hydrogen-bond acceptors (Lipinski definition) is 3. The first-order valence-corrected chi connectivity index (χ1v) is 6.66. The minimum absolute atomic E-state index is 0.0202. The van der Waals surface area contributed by atoms with Gasteiger partial charge < -0.3 is 20.1 Å². The van der Waals surface area contributed by atoms with E-state index in [0.29, 0.717) is 18.8 Å². The number of rotatable bonds is 4. The van der Waals surface area contributed by atoms with E-state index in [0.717, 1.165) is 18.6 Å². The van der Waals surface area contributed by atoms with Crippen molar-refractivity contribution in [2.24, 2.45) is 0 Å². The normalized spacial score (nSPS) is 18.4. The highest BCUT2D eigenvalue weighted by atomic mass is 16.5. The first kappa shape index (κ1) is 13.7. The van der Waals surface area contributed by atoms with Crippen molar-refractivity contribution < 1.29 is 14.6 Å². The highest BCUT2D eigenvalue weighted by Crippen LogP contribution is 2.21. The van der Waals surface area contributed by atoms with Crippen LogP contribution in [0.15, 0.2) is 24.3 Å². The standard InChI is InChI=1S/C14H20N2O3/c1-2-19-13-7-3-5-11(9-13)15-14(18)16-8-4-6-12(16)10-17/h3,5,7,9,12,17H,2,4,6,8,10H2,1H3,(H,15,18)/t12-/m0/s1. The van der Waals surface area contributed by atoms with Crippen LogP contribution in [-0.4, -0.2) is 41.8 Å². The molecule has 104 valence electrons. The predicted molar refractivity (Wildman–Crippen MR) is 73.4 cm³/mol. The van der Waals surface area contributed by atoms with E-state index < -0.39 is 0 Å². The Bertz CT molecular complexity index is 436. The van der Waals surface area contributed by atoms with Gasteiger partial charge in [0.25, 0.3) is 0 Å². The summed E-state index contributed by atoms with van der Waals surface area (Å²) in [5, 5.41) is 12.1. The molecule has 5 heteroatoms. The molecule has 1 atom stereocenters. The van der Waals surface area contributed by atoms with Crippen LogP contribution in [0, 0.1) is 0 Å². The molecule has 1 aromatic carbocycles. The number of ether oxygens (including phenoxy) is 1. The Labute approximate surface area is 113 Å². The molecule has 1 saturated heterocycles. The lowest BCUT2D eigenvalue weighted by Crippen LogP contribution is -2.40. The minimum Gasteiger partial charge on any atom is -0.494 e. The number of benzene rings is 1. The van der Waals surface area contributed by atoms with E-state index in [2.05, 4.69) is 5.32 Å². The number of aliphatic hydroxyl groups excluding tert-OH is 1. The van der Waals surface area contributed by atoms with Gasteiger partial charge in [-0.05, 0) is 31.9 Å². The zero-order valence-electron chi connectivity index (χ0n) is 11.1. The summed E-state index contributed by atoms with van der Waals surface area (Å²) in [5.41, 5.74) is 0.708. The van der Waals surface area contributed by atoms with Gasteiger partial charge in [0, 0.05) is 18.3 Å². The summed E-state index contributed by atoms with van der Waals surface area (Å²) in [4.78, 5) is 13.8. The third-order valence-electron chi connectivity index (χ3n) is 3.25. The number of anilines is 1. The molecular formula is C14H20N2O3. The minimum atomic E-state index is -0.162. The van der Waals surface area contributed by atoms with E-state index in [1.165, 1.54) is 0 Å². The second-order valence-electron chi connectivity index (χ2n) is 4.56. The Morgan fingerprint density at radius 1 is 1.58 bits per heavy atom. The van der Waals surface area contributed by atoms with Crippen molar-refractivity contribution >= 4 is 11.7 Å². The van der Waals surface area contributed by atoms with E-state index in [9.17, 15) is 9.90 Å². The molecule has 1 aliphatic rings. The molecule has 2 amide bonds. The van der Waals surface area contributed by atoms with Crippen LogP contribution in [0.3, 0.4) is 0 Å². The van der Waals surface area contributed by atoms with Crippen molar-refractivity contribution in [3.8, 4) is 5.75 Å². The van der Waals surface area contributed by atoms with Gasteiger partial charge in [-0.15, -0.1) is 0 Å². The Morgan fingerprint density at radius 3 is 3.16 bits per heavy atom. The first-order valence-electron chi connectivity index (χ1n) is 6.66. The monoisotopic (exact) mass is 264 g/mol. The fourth-order valence-corrected chi connectivity index (χ4v) is 2.32. The molecule has 1 aliphatic heterocycles. The topological polar surface area (TPSA) is 61.8 Å². The first-order chi connectivity index (χ1) is 9.24. The largest absolute Gasteiger partial charge is 0.494 e. The van der Waals surface area contributed by atoms with E-state index in [1.54, 1.807) is 11.0 Å². The number of urea groups is 1. The molecule has 0 aliphatic carbocycles. The Hall–Kier alpha value is -1.75. The number of nitrogens with one attached hydrogen (secondary N) is 1. The van der Waals surface area contributed by atoms with Crippen LogP contribution in [0.25, 0.3) is 0 Å². The maximum atomic E-state index is 12.1. The van der Waals surface area contributed by atoms with E-state index in [1.807, 2.05) is 25.1 Å². The average Bonchev–Trinajstić information content (AvgIpc) is 2.88. The number of likely N-dealkylation sites (tertiary alicyclic amines) is 1. The second-order valence-corrected chi connectivity index (χ2v) is 4.56. The van der Waals surface area contributed by atoms with Crippen LogP contribution in [0.5, 0.6) is 5.75 Å². The van der Waals surface area contributed by atoms with Gasteiger partial charge >= 0.3 is 6.03 Å². The molecular weight excluding hydrogens is 244 g/mol. The quantitative estimate of drug-likeness (QED) is 0.875. The van der Waals surface area contributed by atoms with Crippen LogP contribution in [0.2, 0.25) is 0 Å². The molecule has 2 N–H and O–H groups in total. The van der Waals surface area contributed by atoms with Gasteiger partial charge in [-0.2, -0.15) is 0 Å². The predicted octanol–water partition coefficient (Wildman–Crippen LogP) is 2.07. The summed E-state index contributed by atoms with van der Waals surface area (Å²) in [6.45, 7) is 3.23. The van der Waals surface area contributed by atoms with Crippen molar-refractivity contribution in [1.29, 1.82) is 0 Å². The van der Waals surface area contributed by atoms with Crippen LogP contribution < -0.4 is 10.1 Å². The van der Waals surface area contributed by atoms with Gasteiger partial charge in [-0.1, -0.05) is 6.07 Å². The fraction of sp³-hybridized carbons (Fsp3) is 0.500. The molecule has 0 radical (unpaired) electrons. The third-order valence-corrected chi connectivity index (χ3v) is 3.25. The maximum Gasteiger partial charge on any atom is 0.322 e. The van der Waals surface area contributed by atoms with Crippen molar-refractivity contribution in [3.63, 3.8) is 0 Å².